The van der Waals surface area contributed by atoms with Crippen LogP contribution in [-0.2, 0) is 38.7 Å². The smallest absolute Gasteiger partial charge is 1.00 e. The van der Waals surface area contributed by atoms with Gasteiger partial charge in [0.2, 0.25) is 0 Å². The summed E-state index contributed by atoms with van der Waals surface area (Å²) in [5.74, 6) is 0. The van der Waals surface area contributed by atoms with Crippen molar-refractivity contribution in [3.63, 3.8) is 0 Å². The van der Waals surface area contributed by atoms with E-state index in [1.807, 2.05) is 0 Å². The van der Waals surface area contributed by atoms with Gasteiger partial charge in [-0.3, -0.25) is 0 Å². The van der Waals surface area contributed by atoms with Crippen LogP contribution in [0.25, 0.3) is 0 Å². The van der Waals surface area contributed by atoms with Crippen LogP contribution < -0.4 is 24.8 Å². The van der Waals surface area contributed by atoms with Crippen molar-refractivity contribution in [1.29, 1.82) is 0 Å². The molecule has 0 N–H and O–H groups in total. The zero-order valence-corrected chi connectivity index (χ0v) is 21.5. The normalized spacial score (nSPS) is 9.12. The van der Waals surface area contributed by atoms with Crippen molar-refractivity contribution in [2.45, 2.75) is 79.1 Å². The van der Waals surface area contributed by atoms with E-state index in [2.05, 4.69) is 64.1 Å². The average molecular weight is 548 g/mol. The monoisotopic (exact) mass is 548 g/mol. The Morgan fingerprint density at radius 3 is 1.28 bits per heavy atom. The fourth-order valence-corrected chi connectivity index (χ4v) is 2.72. The molecule has 0 nitrogen and oxygen atoms in total. The zero-order valence-electron chi connectivity index (χ0n) is 16.4. The van der Waals surface area contributed by atoms with E-state index in [-0.39, 0.29) is 50.7 Å². The molecule has 3 heteroatoms. The molecular weight excluding hydrogens is 514 g/mol. The molecule has 0 atom stereocenters. The van der Waals surface area contributed by atoms with Crippen molar-refractivity contribution in [1.82, 2.24) is 0 Å². The Kier molecular flexibility index (Phi) is 22.6. The van der Waals surface area contributed by atoms with Crippen LogP contribution in [0.15, 0.2) is 36.4 Å². The predicted molar refractivity (Wildman–Crippen MR) is 100 cm³/mol. The van der Waals surface area contributed by atoms with Gasteiger partial charge in [-0.25, -0.2) is 12.1 Å². The maximum Gasteiger partial charge on any atom is 4.00 e. The van der Waals surface area contributed by atoms with E-state index < -0.39 is 0 Å². The zero-order chi connectivity index (χ0) is 16.2. The van der Waals surface area contributed by atoms with E-state index in [1.165, 1.54) is 73.6 Å². The van der Waals surface area contributed by atoms with Gasteiger partial charge in [-0.05, 0) is 0 Å². The van der Waals surface area contributed by atoms with Crippen LogP contribution in [0.5, 0.6) is 0 Å². The number of unbranched alkanes of at least 4 members (excludes halogenated alkanes) is 4. The van der Waals surface area contributed by atoms with Crippen molar-refractivity contribution in [3.05, 3.63) is 58.7 Å². The quantitative estimate of drug-likeness (QED) is 0.262. The Labute approximate surface area is 187 Å². The molecule has 2 aromatic carbocycles. The summed E-state index contributed by atoms with van der Waals surface area (Å²) in [6, 6.07) is 13.4. The van der Waals surface area contributed by atoms with Gasteiger partial charge in [0.25, 0.3) is 0 Å². The van der Waals surface area contributed by atoms with Crippen LogP contribution in [-0.4, -0.2) is 0 Å². The topological polar surface area (TPSA) is 0 Å². The SMILES string of the molecule is CCCCCc1cc[c-](C)c1.CCCCCc1cc[c-](C)c1.[Cl-].[Cl-].[Hf+4]. The molecule has 0 radical (unpaired) electrons. The molecule has 0 aliphatic rings. The van der Waals surface area contributed by atoms with Crippen LogP contribution >= 0.6 is 0 Å². The average Bonchev–Trinajstić information content (AvgIpc) is 3.09. The standard InChI is InChI=1S/2C11H17.2ClH.Hf/c2*1-3-4-5-6-11-8-7-10(2)9-11;;;/h2*7-9H,3-6H2,1-2H3;2*1H;/q2*-1;;;+4/p-2. The van der Waals surface area contributed by atoms with Crippen LogP contribution in [0.2, 0.25) is 0 Å². The molecular formula is C22H34Cl2Hf. The van der Waals surface area contributed by atoms with E-state index in [0.717, 1.165) is 0 Å². The molecule has 0 spiro atoms. The van der Waals surface area contributed by atoms with Crippen molar-refractivity contribution >= 4 is 0 Å². The van der Waals surface area contributed by atoms with Gasteiger partial charge in [0, 0.05) is 0 Å². The maximum atomic E-state index is 2.29. The summed E-state index contributed by atoms with van der Waals surface area (Å²) in [6.07, 6.45) is 10.6. The van der Waals surface area contributed by atoms with E-state index in [9.17, 15) is 0 Å². The van der Waals surface area contributed by atoms with Crippen LogP contribution in [0.4, 0.5) is 0 Å². The molecule has 0 amide bonds. The predicted octanol–water partition coefficient (Wildman–Crippen LogP) is 0.899. The molecule has 0 saturated heterocycles. The molecule has 0 saturated carbocycles. The minimum Gasteiger partial charge on any atom is -1.00 e. The number of rotatable bonds is 8. The summed E-state index contributed by atoms with van der Waals surface area (Å²) >= 11 is 0. The first-order valence-electron chi connectivity index (χ1n) is 9.10. The van der Waals surface area contributed by atoms with Crippen molar-refractivity contribution in [3.8, 4) is 0 Å². The van der Waals surface area contributed by atoms with Crippen molar-refractivity contribution in [2.75, 3.05) is 0 Å². The molecule has 0 aliphatic heterocycles. The van der Waals surface area contributed by atoms with Crippen molar-refractivity contribution in [2.24, 2.45) is 0 Å². The molecule has 2 aromatic rings. The Bertz CT molecular complexity index is 453. The molecule has 0 bridgehead atoms. The van der Waals surface area contributed by atoms with E-state index >= 15 is 0 Å². The second-order valence-electron chi connectivity index (χ2n) is 6.51. The fraction of sp³-hybridized carbons (Fsp3) is 0.545. The Hall–Kier alpha value is 0.150. The summed E-state index contributed by atoms with van der Waals surface area (Å²) in [7, 11) is 0. The van der Waals surface area contributed by atoms with Gasteiger partial charge in [-0.1, -0.05) is 79.1 Å². The van der Waals surface area contributed by atoms with E-state index in [0.29, 0.717) is 0 Å². The molecule has 0 heterocycles. The Morgan fingerprint density at radius 1 is 0.680 bits per heavy atom. The molecule has 0 aliphatic carbocycles. The summed E-state index contributed by atoms with van der Waals surface area (Å²) in [5.41, 5.74) is 5.82. The summed E-state index contributed by atoms with van der Waals surface area (Å²) in [6.45, 7) is 8.80. The minimum atomic E-state index is 0. The van der Waals surface area contributed by atoms with Gasteiger partial charge >= 0.3 is 25.8 Å². The van der Waals surface area contributed by atoms with Crippen LogP contribution in [0.3, 0.4) is 0 Å². The fourth-order valence-electron chi connectivity index (χ4n) is 2.72. The third kappa shape index (κ3) is 15.0. The van der Waals surface area contributed by atoms with Crippen molar-refractivity contribution < 1.29 is 50.7 Å². The Balaban J connectivity index is -0.000000346. The van der Waals surface area contributed by atoms with Gasteiger partial charge in [-0.15, -0.1) is 0 Å². The molecule has 2 rings (SSSR count). The molecule has 25 heavy (non-hydrogen) atoms. The third-order valence-electron chi connectivity index (χ3n) is 4.08. The second kappa shape index (κ2) is 18.9. The first kappa shape index (κ1) is 29.9. The van der Waals surface area contributed by atoms with Gasteiger partial charge in [0.05, 0.1) is 0 Å². The number of hydrogen-bond acceptors (Lipinski definition) is 0. The van der Waals surface area contributed by atoms with E-state index in [4.69, 9.17) is 0 Å². The molecule has 0 aromatic heterocycles. The number of hydrogen-bond donors (Lipinski definition) is 0. The minimum absolute atomic E-state index is 0. The van der Waals surface area contributed by atoms with Gasteiger partial charge in [0.1, 0.15) is 0 Å². The summed E-state index contributed by atoms with van der Waals surface area (Å²) in [5, 5.41) is 0. The molecule has 0 unspecified atom stereocenters. The van der Waals surface area contributed by atoms with Gasteiger partial charge < -0.3 is 24.8 Å². The third-order valence-corrected chi connectivity index (χ3v) is 4.08. The first-order valence-corrected chi connectivity index (χ1v) is 9.10. The van der Waals surface area contributed by atoms with E-state index in [1.54, 1.807) is 0 Å². The maximum absolute atomic E-state index is 2.29. The van der Waals surface area contributed by atoms with Crippen LogP contribution in [0, 0.1) is 13.8 Å². The van der Waals surface area contributed by atoms with Crippen LogP contribution in [0.1, 0.15) is 74.6 Å². The number of halogens is 2. The van der Waals surface area contributed by atoms with Gasteiger partial charge in [0.15, 0.2) is 0 Å². The summed E-state index contributed by atoms with van der Waals surface area (Å²) < 4.78 is 0. The first-order chi connectivity index (χ1) is 10.7. The molecule has 140 valence electrons. The summed E-state index contributed by atoms with van der Waals surface area (Å²) in [4.78, 5) is 0. The Morgan fingerprint density at radius 2 is 1.04 bits per heavy atom. The van der Waals surface area contributed by atoms with Gasteiger partial charge in [-0.2, -0.15) is 46.5 Å². The second-order valence-corrected chi connectivity index (χ2v) is 6.51. The molecule has 0 fully saturated rings. The number of aryl methyl sites for hydroxylation is 4. The largest absolute Gasteiger partial charge is 4.00 e.